The normalized spacial score (nSPS) is 20.3. The fraction of sp³-hybridized carbons (Fsp3) is 0.500. The van der Waals surface area contributed by atoms with Gasteiger partial charge in [-0.25, -0.2) is 4.39 Å². The summed E-state index contributed by atoms with van der Waals surface area (Å²) in [6.07, 6.45) is -2.99. The Morgan fingerprint density at radius 1 is 1.38 bits per heavy atom. The summed E-state index contributed by atoms with van der Waals surface area (Å²) in [4.78, 5) is 14.0. The standard InChI is InChI=1S/C14H16F4N2O/c1-20-6-2-3-10(8-20)19-13(21)11-7-9(14(16,17)18)4-5-12(11)15/h4-5,7,10H,2-3,6,8H2,1H3,(H,19,21). The Kier molecular flexibility index (Phi) is 4.51. The number of halogens is 4. The highest BCUT2D eigenvalue weighted by Gasteiger charge is 2.32. The van der Waals surface area contributed by atoms with Gasteiger partial charge in [0.1, 0.15) is 5.82 Å². The van der Waals surface area contributed by atoms with Gasteiger partial charge >= 0.3 is 6.18 Å². The van der Waals surface area contributed by atoms with Crippen LogP contribution in [-0.2, 0) is 6.18 Å². The Morgan fingerprint density at radius 3 is 2.71 bits per heavy atom. The van der Waals surface area contributed by atoms with E-state index >= 15 is 0 Å². The molecule has 0 aliphatic carbocycles. The van der Waals surface area contributed by atoms with Crippen molar-refractivity contribution in [2.24, 2.45) is 0 Å². The van der Waals surface area contributed by atoms with Crippen molar-refractivity contribution in [3.05, 3.63) is 35.1 Å². The van der Waals surface area contributed by atoms with Gasteiger partial charge in [-0.3, -0.25) is 4.79 Å². The van der Waals surface area contributed by atoms with Crippen LogP contribution in [0.25, 0.3) is 0 Å². The Morgan fingerprint density at radius 2 is 2.10 bits per heavy atom. The third kappa shape index (κ3) is 3.93. The van der Waals surface area contributed by atoms with E-state index in [0.717, 1.165) is 19.4 Å². The molecule has 1 aromatic rings. The minimum absolute atomic E-state index is 0.176. The molecule has 1 aliphatic rings. The quantitative estimate of drug-likeness (QED) is 0.852. The molecule has 116 valence electrons. The SMILES string of the molecule is CN1CCCC(NC(=O)c2cc(C(F)(F)F)ccc2F)C1. The molecule has 0 spiro atoms. The van der Waals surface area contributed by atoms with Crippen LogP contribution in [0.5, 0.6) is 0 Å². The molecule has 0 radical (unpaired) electrons. The van der Waals surface area contributed by atoms with E-state index in [0.29, 0.717) is 24.7 Å². The number of likely N-dealkylation sites (N-methyl/N-ethyl adjacent to an activating group) is 1. The smallest absolute Gasteiger partial charge is 0.348 e. The first-order valence-electron chi connectivity index (χ1n) is 6.63. The van der Waals surface area contributed by atoms with Gasteiger partial charge in [0.2, 0.25) is 0 Å². The molecule has 0 saturated carbocycles. The molecule has 21 heavy (non-hydrogen) atoms. The molecule has 1 heterocycles. The predicted molar refractivity (Wildman–Crippen MR) is 69.4 cm³/mol. The average molecular weight is 304 g/mol. The molecule has 1 amide bonds. The number of rotatable bonds is 2. The van der Waals surface area contributed by atoms with Gasteiger partial charge in [-0.15, -0.1) is 0 Å². The molecule has 1 saturated heterocycles. The maximum Gasteiger partial charge on any atom is 0.416 e. The molecule has 1 aromatic carbocycles. The third-order valence-electron chi connectivity index (χ3n) is 3.50. The highest BCUT2D eigenvalue weighted by atomic mass is 19.4. The molecule has 7 heteroatoms. The Hall–Kier alpha value is -1.63. The van der Waals surface area contributed by atoms with Crippen molar-refractivity contribution in [3.8, 4) is 0 Å². The number of carbonyl (C=O) groups excluding carboxylic acids is 1. The van der Waals surface area contributed by atoms with Gasteiger partial charge in [0.15, 0.2) is 0 Å². The lowest BCUT2D eigenvalue weighted by atomic mass is 10.0. The number of hydrogen-bond donors (Lipinski definition) is 1. The average Bonchev–Trinajstić information content (AvgIpc) is 2.37. The fourth-order valence-electron chi connectivity index (χ4n) is 2.42. The van der Waals surface area contributed by atoms with Crippen molar-refractivity contribution in [2.45, 2.75) is 25.1 Å². The Bertz CT molecular complexity index is 530. The number of alkyl halides is 3. The first-order chi connectivity index (χ1) is 9.77. The number of amides is 1. The maximum absolute atomic E-state index is 13.6. The van der Waals surface area contributed by atoms with Crippen LogP contribution >= 0.6 is 0 Å². The zero-order valence-electron chi connectivity index (χ0n) is 11.5. The molecule has 1 N–H and O–H groups in total. The second-order valence-corrected chi connectivity index (χ2v) is 5.27. The number of benzene rings is 1. The van der Waals surface area contributed by atoms with Crippen LogP contribution < -0.4 is 5.32 Å². The second-order valence-electron chi connectivity index (χ2n) is 5.27. The van der Waals surface area contributed by atoms with Crippen molar-refractivity contribution in [1.82, 2.24) is 10.2 Å². The summed E-state index contributed by atoms with van der Waals surface area (Å²) in [5.74, 6) is -1.76. The molecule has 2 rings (SSSR count). The van der Waals surface area contributed by atoms with Crippen LogP contribution in [0, 0.1) is 5.82 Å². The minimum Gasteiger partial charge on any atom is -0.348 e. The summed E-state index contributed by atoms with van der Waals surface area (Å²) < 4.78 is 51.4. The number of likely N-dealkylation sites (tertiary alicyclic amines) is 1. The number of nitrogens with one attached hydrogen (secondary N) is 1. The topological polar surface area (TPSA) is 32.3 Å². The lowest BCUT2D eigenvalue weighted by Gasteiger charge is -2.30. The van der Waals surface area contributed by atoms with Crippen molar-refractivity contribution in [1.29, 1.82) is 0 Å². The third-order valence-corrected chi connectivity index (χ3v) is 3.50. The zero-order chi connectivity index (χ0) is 15.6. The molecular weight excluding hydrogens is 288 g/mol. The molecule has 0 bridgehead atoms. The molecule has 3 nitrogen and oxygen atoms in total. The van der Waals surface area contributed by atoms with Gasteiger partial charge in [0.05, 0.1) is 11.1 Å². The number of nitrogens with zero attached hydrogens (tertiary/aromatic N) is 1. The van der Waals surface area contributed by atoms with E-state index in [1.165, 1.54) is 0 Å². The van der Waals surface area contributed by atoms with Crippen LogP contribution in [0.3, 0.4) is 0 Å². The van der Waals surface area contributed by atoms with Gasteiger partial charge in [-0.2, -0.15) is 13.2 Å². The van der Waals surface area contributed by atoms with Crippen LogP contribution in [-0.4, -0.2) is 37.0 Å². The van der Waals surface area contributed by atoms with Gasteiger partial charge in [-0.05, 0) is 44.6 Å². The van der Waals surface area contributed by atoms with E-state index in [-0.39, 0.29) is 6.04 Å². The molecule has 1 unspecified atom stereocenters. The number of hydrogen-bond acceptors (Lipinski definition) is 2. The van der Waals surface area contributed by atoms with Crippen molar-refractivity contribution in [2.75, 3.05) is 20.1 Å². The van der Waals surface area contributed by atoms with Crippen molar-refractivity contribution in [3.63, 3.8) is 0 Å². The summed E-state index contributed by atoms with van der Waals surface area (Å²) in [6, 6.07) is 1.67. The Balaban J connectivity index is 2.15. The number of carbonyl (C=O) groups is 1. The van der Waals surface area contributed by atoms with E-state index in [1.54, 1.807) is 0 Å². The van der Waals surface area contributed by atoms with Crippen LogP contribution in [0.2, 0.25) is 0 Å². The van der Waals surface area contributed by atoms with Crippen LogP contribution in [0.15, 0.2) is 18.2 Å². The van der Waals surface area contributed by atoms with Gasteiger partial charge < -0.3 is 10.2 Å². The van der Waals surface area contributed by atoms with E-state index in [1.807, 2.05) is 11.9 Å². The van der Waals surface area contributed by atoms with E-state index < -0.39 is 29.0 Å². The summed E-state index contributed by atoms with van der Waals surface area (Å²) in [6.45, 7) is 1.51. The van der Waals surface area contributed by atoms with E-state index in [9.17, 15) is 22.4 Å². The second kappa shape index (κ2) is 6.01. The summed E-state index contributed by atoms with van der Waals surface area (Å²) in [5, 5.41) is 2.60. The number of piperidine rings is 1. The lowest BCUT2D eigenvalue weighted by Crippen LogP contribution is -2.46. The highest BCUT2D eigenvalue weighted by molar-refractivity contribution is 5.94. The van der Waals surface area contributed by atoms with E-state index in [4.69, 9.17) is 0 Å². The molecule has 1 aliphatic heterocycles. The first kappa shape index (κ1) is 15.8. The fourth-order valence-corrected chi connectivity index (χ4v) is 2.42. The van der Waals surface area contributed by atoms with E-state index in [2.05, 4.69) is 5.32 Å². The molecule has 1 atom stereocenters. The molecule has 1 fully saturated rings. The summed E-state index contributed by atoms with van der Waals surface area (Å²) in [7, 11) is 1.89. The largest absolute Gasteiger partial charge is 0.416 e. The minimum atomic E-state index is -4.60. The molecule has 0 aromatic heterocycles. The van der Waals surface area contributed by atoms with Crippen molar-refractivity contribution < 1.29 is 22.4 Å². The van der Waals surface area contributed by atoms with Crippen LogP contribution in [0.1, 0.15) is 28.8 Å². The zero-order valence-corrected chi connectivity index (χ0v) is 11.5. The Labute approximate surface area is 119 Å². The lowest BCUT2D eigenvalue weighted by molar-refractivity contribution is -0.137. The van der Waals surface area contributed by atoms with Gasteiger partial charge in [0.25, 0.3) is 5.91 Å². The monoisotopic (exact) mass is 304 g/mol. The van der Waals surface area contributed by atoms with Gasteiger partial charge in [-0.1, -0.05) is 0 Å². The molecular formula is C14H16F4N2O. The predicted octanol–water partition coefficient (Wildman–Crippen LogP) is 2.67. The van der Waals surface area contributed by atoms with Crippen molar-refractivity contribution >= 4 is 5.91 Å². The summed E-state index contributed by atoms with van der Waals surface area (Å²) >= 11 is 0. The summed E-state index contributed by atoms with van der Waals surface area (Å²) in [5.41, 5.74) is -1.60. The van der Waals surface area contributed by atoms with Gasteiger partial charge in [0, 0.05) is 12.6 Å². The van der Waals surface area contributed by atoms with Crippen LogP contribution in [0.4, 0.5) is 17.6 Å². The maximum atomic E-state index is 13.6. The highest BCUT2D eigenvalue weighted by Crippen LogP contribution is 2.30. The first-order valence-corrected chi connectivity index (χ1v) is 6.63.